The Hall–Kier alpha value is -2.35. The molecule has 0 fully saturated rings. The number of imidazole rings is 1. The van der Waals surface area contributed by atoms with Gasteiger partial charge in [-0.2, -0.15) is 0 Å². The molecule has 0 aliphatic rings. The number of fused-ring (bicyclic) bond motifs is 1. The number of hydrogen-bond acceptors (Lipinski definition) is 5. The minimum Gasteiger partial charge on any atom is -0.337 e. The second-order valence-corrected chi connectivity index (χ2v) is 8.88. The topological polar surface area (TPSA) is 51.0 Å². The van der Waals surface area contributed by atoms with E-state index in [1.807, 2.05) is 46.2 Å². The van der Waals surface area contributed by atoms with E-state index in [2.05, 4.69) is 30.1 Å². The van der Waals surface area contributed by atoms with Crippen molar-refractivity contribution >= 4 is 56.8 Å². The van der Waals surface area contributed by atoms with Gasteiger partial charge < -0.3 is 4.57 Å². The number of anilines is 1. The minimum absolute atomic E-state index is 0. The lowest BCUT2D eigenvalue weighted by Crippen LogP contribution is -2.32. The molecule has 0 N–H and O–H groups in total. The summed E-state index contributed by atoms with van der Waals surface area (Å²) in [4.78, 5) is 25.2. The zero-order valence-electron chi connectivity index (χ0n) is 17.5. The molecular weight excluding hydrogens is 448 g/mol. The van der Waals surface area contributed by atoms with Crippen LogP contribution >= 0.6 is 35.5 Å². The number of benzene rings is 2. The van der Waals surface area contributed by atoms with Crippen molar-refractivity contribution in [3.05, 3.63) is 72.3 Å². The fourth-order valence-corrected chi connectivity index (χ4v) is 4.76. The molecule has 0 radical (unpaired) electrons. The van der Waals surface area contributed by atoms with Gasteiger partial charge in [-0.05, 0) is 61.1 Å². The second kappa shape index (κ2) is 10.8. The van der Waals surface area contributed by atoms with Crippen LogP contribution < -0.4 is 4.90 Å². The molecule has 0 saturated heterocycles. The third kappa shape index (κ3) is 5.47. The van der Waals surface area contributed by atoms with Crippen molar-refractivity contribution in [2.45, 2.75) is 31.2 Å². The maximum atomic E-state index is 13.4. The molecule has 5 nitrogen and oxygen atoms in total. The molecule has 0 saturated carbocycles. The first-order valence-corrected chi connectivity index (χ1v) is 12.0. The summed E-state index contributed by atoms with van der Waals surface area (Å²) in [6, 6.07) is 14.1. The van der Waals surface area contributed by atoms with Crippen molar-refractivity contribution in [2.24, 2.45) is 0 Å². The number of amides is 1. The number of rotatable bonds is 8. The first kappa shape index (κ1) is 23.3. The number of halogens is 1. The summed E-state index contributed by atoms with van der Waals surface area (Å²) in [6.07, 6.45) is 9.36. The van der Waals surface area contributed by atoms with Gasteiger partial charge in [0.05, 0.1) is 16.5 Å². The lowest BCUT2D eigenvalue weighted by Gasteiger charge is -2.20. The Morgan fingerprint density at radius 3 is 2.68 bits per heavy atom. The molecular formula is C23H25ClN4OS2. The molecule has 2 aromatic heterocycles. The minimum atomic E-state index is -0.0111. The number of nitrogens with zero attached hydrogens (tertiary/aromatic N) is 4. The van der Waals surface area contributed by atoms with E-state index in [0.29, 0.717) is 12.1 Å². The average molecular weight is 473 g/mol. The maximum Gasteiger partial charge on any atom is 0.260 e. The lowest BCUT2D eigenvalue weighted by molar-refractivity contribution is 0.0986. The molecule has 0 atom stereocenters. The molecule has 162 valence electrons. The Kier molecular flexibility index (Phi) is 8.12. The molecule has 0 aliphatic heterocycles. The van der Waals surface area contributed by atoms with Crippen LogP contribution in [-0.4, -0.2) is 33.2 Å². The van der Waals surface area contributed by atoms with Crippen LogP contribution in [0, 0.1) is 0 Å². The van der Waals surface area contributed by atoms with E-state index in [9.17, 15) is 4.79 Å². The predicted molar refractivity (Wildman–Crippen MR) is 133 cm³/mol. The number of thiazole rings is 1. The number of hydrogen-bond donors (Lipinski definition) is 0. The summed E-state index contributed by atoms with van der Waals surface area (Å²) in [6.45, 7) is 3.55. The highest BCUT2D eigenvalue weighted by atomic mass is 35.5. The molecule has 1 amide bonds. The van der Waals surface area contributed by atoms with E-state index in [1.54, 1.807) is 35.6 Å². The third-order valence-corrected chi connectivity index (χ3v) is 6.80. The molecule has 2 heterocycles. The Labute approximate surface area is 196 Å². The van der Waals surface area contributed by atoms with Gasteiger partial charge in [0.25, 0.3) is 5.91 Å². The molecule has 0 unspecified atom stereocenters. The maximum absolute atomic E-state index is 13.4. The molecule has 0 aliphatic carbocycles. The highest BCUT2D eigenvalue weighted by Crippen LogP contribution is 2.31. The normalized spacial score (nSPS) is 10.8. The third-order valence-electron chi connectivity index (χ3n) is 5.02. The predicted octanol–water partition coefficient (Wildman–Crippen LogP) is 5.94. The Morgan fingerprint density at radius 1 is 1.19 bits per heavy atom. The Bertz CT molecular complexity index is 1130. The first-order valence-electron chi connectivity index (χ1n) is 9.99. The van der Waals surface area contributed by atoms with Crippen LogP contribution in [0.1, 0.15) is 29.3 Å². The quantitative estimate of drug-likeness (QED) is 0.298. The molecule has 0 spiro atoms. The summed E-state index contributed by atoms with van der Waals surface area (Å²) < 4.78 is 3.15. The number of carbonyl (C=O) groups is 1. The van der Waals surface area contributed by atoms with Crippen molar-refractivity contribution in [3.8, 4) is 0 Å². The summed E-state index contributed by atoms with van der Waals surface area (Å²) in [7, 11) is 0. The van der Waals surface area contributed by atoms with Crippen molar-refractivity contribution in [2.75, 3.05) is 17.7 Å². The summed E-state index contributed by atoms with van der Waals surface area (Å²) in [5.41, 5.74) is 2.91. The molecule has 31 heavy (non-hydrogen) atoms. The van der Waals surface area contributed by atoms with Gasteiger partial charge in [0.1, 0.15) is 0 Å². The zero-order chi connectivity index (χ0) is 20.9. The summed E-state index contributed by atoms with van der Waals surface area (Å²) in [5.74, 6) is -0.0111. The SMILES string of the molecule is CCc1ccc2nc(N(CCCn3ccnc3)C(=O)c3ccc(SC)cc3)sc2c1.Cl. The van der Waals surface area contributed by atoms with Crippen molar-refractivity contribution in [1.29, 1.82) is 0 Å². The fourth-order valence-electron chi connectivity index (χ4n) is 3.30. The van der Waals surface area contributed by atoms with Crippen LogP contribution in [0.3, 0.4) is 0 Å². The van der Waals surface area contributed by atoms with Crippen molar-refractivity contribution < 1.29 is 4.79 Å². The summed E-state index contributed by atoms with van der Waals surface area (Å²) in [5, 5.41) is 0.753. The largest absolute Gasteiger partial charge is 0.337 e. The standard InChI is InChI=1S/C23H24N4OS2.ClH/c1-3-17-5-10-20-21(15-17)30-23(25-20)27(13-4-12-26-14-11-24-16-26)22(28)18-6-8-19(29-2)9-7-18;/h5-11,14-16H,3-4,12-13H2,1-2H3;1H. The molecule has 4 rings (SSSR count). The van der Waals surface area contributed by atoms with Gasteiger partial charge in [0.15, 0.2) is 5.13 Å². The molecule has 4 aromatic rings. The molecule has 0 bridgehead atoms. The monoisotopic (exact) mass is 472 g/mol. The van der Waals surface area contributed by atoms with Gasteiger partial charge in [-0.15, -0.1) is 24.2 Å². The van der Waals surface area contributed by atoms with Gasteiger partial charge in [-0.1, -0.05) is 24.3 Å². The van der Waals surface area contributed by atoms with Crippen LogP contribution in [-0.2, 0) is 13.0 Å². The highest BCUT2D eigenvalue weighted by molar-refractivity contribution is 7.98. The number of thioether (sulfide) groups is 1. The fraction of sp³-hybridized carbons (Fsp3) is 0.261. The van der Waals surface area contributed by atoms with Gasteiger partial charge in [-0.25, -0.2) is 9.97 Å². The van der Waals surface area contributed by atoms with Gasteiger partial charge in [0, 0.05) is 35.9 Å². The van der Waals surface area contributed by atoms with Crippen LogP contribution in [0.25, 0.3) is 10.2 Å². The Morgan fingerprint density at radius 2 is 2.00 bits per heavy atom. The second-order valence-electron chi connectivity index (χ2n) is 6.99. The van der Waals surface area contributed by atoms with E-state index >= 15 is 0 Å². The smallest absolute Gasteiger partial charge is 0.260 e. The molecule has 2 aromatic carbocycles. The van der Waals surface area contributed by atoms with E-state index < -0.39 is 0 Å². The van der Waals surface area contributed by atoms with Gasteiger partial charge >= 0.3 is 0 Å². The molecule has 8 heteroatoms. The van der Waals surface area contributed by atoms with E-state index in [0.717, 1.165) is 39.6 Å². The van der Waals surface area contributed by atoms with Gasteiger partial charge in [0.2, 0.25) is 0 Å². The van der Waals surface area contributed by atoms with Gasteiger partial charge in [-0.3, -0.25) is 9.69 Å². The highest BCUT2D eigenvalue weighted by Gasteiger charge is 2.21. The van der Waals surface area contributed by atoms with Crippen LogP contribution in [0.15, 0.2) is 66.1 Å². The lowest BCUT2D eigenvalue weighted by atomic mass is 10.2. The Balaban J connectivity index is 0.00000272. The van der Waals surface area contributed by atoms with Crippen LogP contribution in [0.4, 0.5) is 5.13 Å². The van der Waals surface area contributed by atoms with Crippen molar-refractivity contribution in [1.82, 2.24) is 14.5 Å². The van der Waals surface area contributed by atoms with E-state index in [-0.39, 0.29) is 18.3 Å². The van der Waals surface area contributed by atoms with Crippen molar-refractivity contribution in [3.63, 3.8) is 0 Å². The average Bonchev–Trinajstić information content (AvgIpc) is 3.45. The van der Waals surface area contributed by atoms with E-state index in [4.69, 9.17) is 4.98 Å². The number of carbonyl (C=O) groups excluding carboxylic acids is 1. The first-order chi connectivity index (χ1) is 14.7. The number of aryl methyl sites for hydroxylation is 2. The summed E-state index contributed by atoms with van der Waals surface area (Å²) >= 11 is 3.25. The number of aromatic nitrogens is 3. The van der Waals surface area contributed by atoms with Crippen LogP contribution in [0.2, 0.25) is 0 Å². The van der Waals surface area contributed by atoms with Crippen LogP contribution in [0.5, 0.6) is 0 Å². The zero-order valence-corrected chi connectivity index (χ0v) is 20.0. The van der Waals surface area contributed by atoms with E-state index in [1.165, 1.54) is 5.56 Å².